The van der Waals surface area contributed by atoms with Crippen molar-refractivity contribution in [1.82, 2.24) is 19.5 Å². The van der Waals surface area contributed by atoms with Gasteiger partial charge in [0.1, 0.15) is 11.4 Å². The Bertz CT molecular complexity index is 1300. The highest BCUT2D eigenvalue weighted by molar-refractivity contribution is 6.44. The van der Waals surface area contributed by atoms with Crippen molar-refractivity contribution in [3.63, 3.8) is 0 Å². The van der Waals surface area contributed by atoms with E-state index >= 15 is 0 Å². The summed E-state index contributed by atoms with van der Waals surface area (Å²) in [5, 5.41) is 0.315. The Morgan fingerprint density at radius 3 is 2.44 bits per heavy atom. The second-order valence-electron chi connectivity index (χ2n) is 9.08. The van der Waals surface area contributed by atoms with Gasteiger partial charge < -0.3 is 20.4 Å². The number of aromatic nitrogens is 2. The number of amides is 2. The summed E-state index contributed by atoms with van der Waals surface area (Å²) in [5.41, 5.74) is 1.60. The van der Waals surface area contributed by atoms with Gasteiger partial charge in [0.15, 0.2) is 5.65 Å². The molecule has 190 valence electrons. The van der Waals surface area contributed by atoms with E-state index in [9.17, 15) is 18.8 Å². The summed E-state index contributed by atoms with van der Waals surface area (Å²) in [6, 6.07) is 8.05. The third-order valence-electron chi connectivity index (χ3n) is 6.79. The molecule has 0 radical (unpaired) electrons. The molecule has 1 aliphatic heterocycles. The Morgan fingerprint density at radius 1 is 1.17 bits per heavy atom. The molecule has 3 heterocycles. The largest absolute Gasteiger partial charge is 0.480 e. The summed E-state index contributed by atoms with van der Waals surface area (Å²) in [6.07, 6.45) is 3.79. The summed E-state index contributed by atoms with van der Waals surface area (Å²) < 4.78 is 19.7. The average Bonchev–Trinajstić information content (AvgIpc) is 3.23. The van der Waals surface area contributed by atoms with E-state index in [1.54, 1.807) is 24.0 Å². The van der Waals surface area contributed by atoms with Gasteiger partial charge in [-0.05, 0) is 55.9 Å². The molecule has 4 rings (SSSR count). The van der Waals surface area contributed by atoms with Crippen molar-refractivity contribution in [3.05, 3.63) is 59.0 Å². The van der Waals surface area contributed by atoms with Gasteiger partial charge in [0, 0.05) is 38.3 Å². The maximum Gasteiger partial charge on any atom is 0.294 e. The summed E-state index contributed by atoms with van der Waals surface area (Å²) in [7, 11) is 2.95. The smallest absolute Gasteiger partial charge is 0.294 e. The van der Waals surface area contributed by atoms with Gasteiger partial charge in [-0.2, -0.15) is 4.98 Å². The van der Waals surface area contributed by atoms with Crippen molar-refractivity contribution < 1.29 is 23.5 Å². The number of hydrogen-bond donors (Lipinski definition) is 1. The molecule has 36 heavy (non-hydrogen) atoms. The topological polar surface area (TPSA) is 111 Å². The van der Waals surface area contributed by atoms with E-state index in [1.165, 1.54) is 43.5 Å². The standard InChI is InChI=1S/C26H30FN5O4/c1-4-30(2)26(35)22(33)21-15-32(28)23-19(21)14-20(24(29-23)36-3)25(34)31-11-9-17(10-12-31)13-16-5-7-18(27)8-6-16/h5-8,14-15,17H,4,9-13,28H2,1-3H3. The van der Waals surface area contributed by atoms with Crippen molar-refractivity contribution in [2.75, 3.05) is 39.6 Å². The van der Waals surface area contributed by atoms with E-state index in [1.807, 2.05) is 0 Å². The van der Waals surface area contributed by atoms with Crippen LogP contribution in [0.1, 0.15) is 46.0 Å². The molecule has 0 saturated carbocycles. The number of carbonyl (C=O) groups excluding carboxylic acids is 3. The Hall–Kier alpha value is -3.95. The van der Waals surface area contributed by atoms with E-state index in [0.717, 1.165) is 29.5 Å². The van der Waals surface area contributed by atoms with Crippen LogP contribution in [0.3, 0.4) is 0 Å². The quantitative estimate of drug-likeness (QED) is 0.307. The van der Waals surface area contributed by atoms with Crippen LogP contribution in [0.2, 0.25) is 0 Å². The fraction of sp³-hybridized carbons (Fsp3) is 0.385. The lowest BCUT2D eigenvalue weighted by molar-refractivity contribution is -0.125. The number of hydrogen-bond acceptors (Lipinski definition) is 6. The average molecular weight is 496 g/mol. The number of rotatable bonds is 7. The molecular weight excluding hydrogens is 465 g/mol. The van der Waals surface area contributed by atoms with Crippen LogP contribution in [-0.4, -0.2) is 70.8 Å². The number of carbonyl (C=O) groups is 3. The lowest BCUT2D eigenvalue weighted by Crippen LogP contribution is -2.39. The molecule has 2 N–H and O–H groups in total. The first kappa shape index (κ1) is 25.2. The van der Waals surface area contributed by atoms with E-state index in [-0.39, 0.29) is 34.4 Å². The van der Waals surface area contributed by atoms with E-state index in [2.05, 4.69) is 4.98 Å². The van der Waals surface area contributed by atoms with Crippen LogP contribution >= 0.6 is 0 Å². The van der Waals surface area contributed by atoms with Crippen molar-refractivity contribution in [3.8, 4) is 5.88 Å². The molecule has 1 fully saturated rings. The first-order valence-electron chi connectivity index (χ1n) is 11.9. The van der Waals surface area contributed by atoms with Crippen LogP contribution in [0.25, 0.3) is 11.0 Å². The van der Waals surface area contributed by atoms with Gasteiger partial charge in [-0.1, -0.05) is 12.1 Å². The minimum absolute atomic E-state index is 0.0833. The van der Waals surface area contributed by atoms with Gasteiger partial charge in [0.25, 0.3) is 17.6 Å². The van der Waals surface area contributed by atoms with Crippen LogP contribution < -0.4 is 10.6 Å². The first-order valence-corrected chi connectivity index (χ1v) is 11.9. The number of fused-ring (bicyclic) bond motifs is 1. The predicted octanol–water partition coefficient (Wildman–Crippen LogP) is 2.65. The normalized spacial score (nSPS) is 14.2. The number of nitrogens with zero attached hydrogens (tertiary/aromatic N) is 4. The van der Waals surface area contributed by atoms with E-state index in [4.69, 9.17) is 10.6 Å². The second kappa shape index (κ2) is 10.3. The Morgan fingerprint density at radius 2 is 1.83 bits per heavy atom. The number of piperidine rings is 1. The molecule has 2 aromatic heterocycles. The van der Waals surface area contributed by atoms with Crippen molar-refractivity contribution in [2.45, 2.75) is 26.2 Å². The highest BCUT2D eigenvalue weighted by Gasteiger charge is 2.29. The number of likely N-dealkylation sites (tertiary alicyclic amines) is 1. The second-order valence-corrected chi connectivity index (χ2v) is 9.08. The fourth-order valence-electron chi connectivity index (χ4n) is 4.54. The van der Waals surface area contributed by atoms with Gasteiger partial charge in [-0.3, -0.25) is 19.1 Å². The number of nitrogen functional groups attached to an aromatic ring is 1. The molecule has 10 heteroatoms. The molecule has 0 spiro atoms. The minimum atomic E-state index is -0.722. The summed E-state index contributed by atoms with van der Waals surface area (Å²) >= 11 is 0. The number of ether oxygens (including phenoxy) is 1. The Kier molecular flexibility index (Phi) is 7.23. The van der Waals surface area contributed by atoms with Gasteiger partial charge in [-0.15, -0.1) is 0 Å². The van der Waals surface area contributed by atoms with Crippen molar-refractivity contribution in [1.29, 1.82) is 0 Å². The SMILES string of the molecule is CCN(C)C(=O)C(=O)c1cn(N)c2nc(OC)c(C(=O)N3CCC(Cc4ccc(F)cc4)CC3)cc12. The first-order chi connectivity index (χ1) is 17.2. The summed E-state index contributed by atoms with van der Waals surface area (Å²) in [5.74, 6) is 4.59. The maximum absolute atomic E-state index is 13.5. The molecule has 1 aromatic carbocycles. The number of nitrogens with two attached hydrogens (primary N) is 1. The third-order valence-corrected chi connectivity index (χ3v) is 6.79. The Balaban J connectivity index is 1.56. The van der Waals surface area contributed by atoms with Crippen LogP contribution in [0.4, 0.5) is 4.39 Å². The molecule has 3 aromatic rings. The molecule has 2 amide bonds. The summed E-state index contributed by atoms with van der Waals surface area (Å²) in [6.45, 7) is 3.24. The number of pyridine rings is 1. The lowest BCUT2D eigenvalue weighted by atomic mass is 9.90. The number of methoxy groups -OCH3 is 1. The number of ketones is 1. The number of benzene rings is 1. The van der Waals surface area contributed by atoms with Gasteiger partial charge in [-0.25, -0.2) is 4.39 Å². The zero-order valence-corrected chi connectivity index (χ0v) is 20.7. The number of likely N-dealkylation sites (N-methyl/N-ethyl adjacent to an activating group) is 1. The molecule has 1 aliphatic rings. The van der Waals surface area contributed by atoms with E-state index < -0.39 is 11.7 Å². The van der Waals surface area contributed by atoms with Gasteiger partial charge >= 0.3 is 0 Å². The Labute approximate surface area is 208 Å². The van der Waals surface area contributed by atoms with E-state index in [0.29, 0.717) is 30.9 Å². The van der Waals surface area contributed by atoms with Crippen LogP contribution in [-0.2, 0) is 11.2 Å². The number of Topliss-reactive ketones (excluding diaryl/α,β-unsaturated/α-hetero) is 1. The molecule has 0 aliphatic carbocycles. The minimum Gasteiger partial charge on any atom is -0.480 e. The predicted molar refractivity (Wildman–Crippen MR) is 133 cm³/mol. The number of halogens is 1. The van der Waals surface area contributed by atoms with Crippen molar-refractivity contribution in [2.24, 2.45) is 5.92 Å². The third kappa shape index (κ3) is 4.89. The van der Waals surface area contributed by atoms with Crippen LogP contribution in [0.5, 0.6) is 5.88 Å². The molecule has 0 bridgehead atoms. The van der Waals surface area contributed by atoms with Gasteiger partial charge in [0.05, 0.1) is 12.7 Å². The fourth-order valence-corrected chi connectivity index (χ4v) is 4.54. The highest BCUT2D eigenvalue weighted by Crippen LogP contribution is 2.29. The molecular formula is C26H30FN5O4. The molecule has 1 saturated heterocycles. The zero-order chi connectivity index (χ0) is 26.0. The molecule has 0 unspecified atom stereocenters. The summed E-state index contributed by atoms with van der Waals surface area (Å²) in [4.78, 5) is 46.3. The maximum atomic E-state index is 13.5. The van der Waals surface area contributed by atoms with Crippen LogP contribution in [0.15, 0.2) is 36.5 Å². The van der Waals surface area contributed by atoms with Crippen molar-refractivity contribution >= 4 is 28.6 Å². The lowest BCUT2D eigenvalue weighted by Gasteiger charge is -2.32. The van der Waals surface area contributed by atoms with Gasteiger partial charge in [0.2, 0.25) is 5.88 Å². The molecule has 9 nitrogen and oxygen atoms in total. The zero-order valence-electron chi connectivity index (χ0n) is 20.7. The highest BCUT2D eigenvalue weighted by atomic mass is 19.1. The monoisotopic (exact) mass is 495 g/mol. The van der Waals surface area contributed by atoms with Crippen LogP contribution in [0, 0.1) is 11.7 Å². The molecule has 0 atom stereocenters.